The number of carbonyl (C=O) groups is 2. The van der Waals surface area contributed by atoms with Crippen molar-refractivity contribution in [2.75, 3.05) is 6.54 Å². The van der Waals surface area contributed by atoms with E-state index in [0.29, 0.717) is 6.54 Å². The van der Waals surface area contributed by atoms with Gasteiger partial charge in [0.1, 0.15) is 6.04 Å². The van der Waals surface area contributed by atoms with Crippen LogP contribution in [0.15, 0.2) is 12.7 Å². The molecule has 0 spiro atoms. The first kappa shape index (κ1) is 7.78. The SMILES string of the molecule is C=CCN1C(=O)NC(=O)[C@H]1C. The van der Waals surface area contributed by atoms with E-state index in [2.05, 4.69) is 11.9 Å². The second-order valence-electron chi connectivity index (χ2n) is 2.41. The van der Waals surface area contributed by atoms with Gasteiger partial charge in [0.15, 0.2) is 0 Å². The predicted molar refractivity (Wildman–Crippen MR) is 39.9 cm³/mol. The Morgan fingerprint density at radius 3 is 2.73 bits per heavy atom. The minimum absolute atomic E-state index is 0.239. The quantitative estimate of drug-likeness (QED) is 0.453. The highest BCUT2D eigenvalue weighted by atomic mass is 16.2. The summed E-state index contributed by atoms with van der Waals surface area (Å²) in [5, 5.41) is 2.20. The van der Waals surface area contributed by atoms with Gasteiger partial charge in [-0.25, -0.2) is 4.79 Å². The van der Waals surface area contributed by atoms with Gasteiger partial charge in [-0.2, -0.15) is 0 Å². The molecule has 0 saturated carbocycles. The average Bonchev–Trinajstić information content (AvgIpc) is 2.17. The van der Waals surface area contributed by atoms with Crippen LogP contribution in [-0.4, -0.2) is 29.4 Å². The van der Waals surface area contributed by atoms with Crippen LogP contribution in [0.3, 0.4) is 0 Å². The molecule has 1 N–H and O–H groups in total. The van der Waals surface area contributed by atoms with Crippen LogP contribution in [0.1, 0.15) is 6.92 Å². The molecule has 1 atom stereocenters. The Morgan fingerprint density at radius 2 is 2.36 bits per heavy atom. The number of rotatable bonds is 2. The smallest absolute Gasteiger partial charge is 0.309 e. The number of nitrogens with one attached hydrogen (secondary N) is 1. The third-order valence-corrected chi connectivity index (χ3v) is 1.66. The Kier molecular flexibility index (Phi) is 1.94. The van der Waals surface area contributed by atoms with Gasteiger partial charge in [0.25, 0.3) is 5.91 Å². The van der Waals surface area contributed by atoms with Crippen molar-refractivity contribution in [3.05, 3.63) is 12.7 Å². The molecule has 1 aliphatic heterocycles. The topological polar surface area (TPSA) is 49.4 Å². The van der Waals surface area contributed by atoms with Crippen LogP contribution in [0.25, 0.3) is 0 Å². The summed E-state index contributed by atoms with van der Waals surface area (Å²) >= 11 is 0. The molecule has 0 aromatic carbocycles. The monoisotopic (exact) mass is 154 g/mol. The van der Waals surface area contributed by atoms with Crippen LogP contribution >= 0.6 is 0 Å². The van der Waals surface area contributed by atoms with Crippen LogP contribution < -0.4 is 5.32 Å². The van der Waals surface area contributed by atoms with Crippen molar-refractivity contribution in [3.63, 3.8) is 0 Å². The molecule has 1 fully saturated rings. The van der Waals surface area contributed by atoms with Gasteiger partial charge in [0.2, 0.25) is 0 Å². The Balaban J connectivity index is 2.70. The van der Waals surface area contributed by atoms with Gasteiger partial charge >= 0.3 is 6.03 Å². The van der Waals surface area contributed by atoms with E-state index in [9.17, 15) is 9.59 Å². The standard InChI is InChI=1S/C7H10N2O2/c1-3-4-9-5(2)6(10)8-7(9)11/h3,5H,1,4H2,2H3,(H,8,10,11)/t5-/m1/s1. The molecule has 1 saturated heterocycles. The summed E-state index contributed by atoms with van der Waals surface area (Å²) in [4.78, 5) is 23.2. The van der Waals surface area contributed by atoms with Crippen LogP contribution in [-0.2, 0) is 4.79 Å². The Morgan fingerprint density at radius 1 is 1.73 bits per heavy atom. The predicted octanol–water partition coefficient (Wildman–Crippen LogP) is 0.113. The molecule has 11 heavy (non-hydrogen) atoms. The van der Waals surface area contributed by atoms with Crippen molar-refractivity contribution in [1.29, 1.82) is 0 Å². The van der Waals surface area contributed by atoms with Crippen LogP contribution in [0.4, 0.5) is 4.79 Å². The highest BCUT2D eigenvalue weighted by Crippen LogP contribution is 2.06. The fraction of sp³-hybridized carbons (Fsp3) is 0.429. The zero-order valence-corrected chi connectivity index (χ0v) is 6.33. The first-order valence-corrected chi connectivity index (χ1v) is 3.39. The number of urea groups is 1. The van der Waals surface area contributed by atoms with E-state index in [-0.39, 0.29) is 18.0 Å². The van der Waals surface area contributed by atoms with E-state index < -0.39 is 0 Å². The van der Waals surface area contributed by atoms with Crippen molar-refractivity contribution in [2.24, 2.45) is 0 Å². The highest BCUT2D eigenvalue weighted by molar-refractivity contribution is 6.03. The number of carbonyl (C=O) groups excluding carboxylic acids is 2. The molecule has 0 aromatic heterocycles. The molecule has 0 aliphatic carbocycles. The summed E-state index contributed by atoms with van der Waals surface area (Å²) < 4.78 is 0. The van der Waals surface area contributed by atoms with Crippen molar-refractivity contribution in [1.82, 2.24) is 10.2 Å². The van der Waals surface area contributed by atoms with Gasteiger partial charge in [-0.1, -0.05) is 6.08 Å². The van der Waals surface area contributed by atoms with Crippen molar-refractivity contribution >= 4 is 11.9 Å². The Hall–Kier alpha value is -1.32. The van der Waals surface area contributed by atoms with E-state index in [1.807, 2.05) is 0 Å². The third kappa shape index (κ3) is 1.24. The fourth-order valence-electron chi connectivity index (χ4n) is 0.979. The first-order chi connectivity index (χ1) is 5.16. The summed E-state index contributed by atoms with van der Waals surface area (Å²) in [6.45, 7) is 5.58. The Labute approximate surface area is 64.9 Å². The molecule has 3 amide bonds. The zero-order chi connectivity index (χ0) is 8.43. The number of amides is 3. The minimum Gasteiger partial charge on any atom is -0.309 e. The third-order valence-electron chi connectivity index (χ3n) is 1.66. The van der Waals surface area contributed by atoms with Gasteiger partial charge in [0, 0.05) is 6.54 Å². The maximum Gasteiger partial charge on any atom is 0.325 e. The van der Waals surface area contributed by atoms with E-state index in [1.54, 1.807) is 13.0 Å². The maximum absolute atomic E-state index is 10.9. The average molecular weight is 154 g/mol. The second-order valence-corrected chi connectivity index (χ2v) is 2.41. The van der Waals surface area contributed by atoms with Crippen LogP contribution in [0.5, 0.6) is 0 Å². The minimum atomic E-state index is -0.361. The van der Waals surface area contributed by atoms with Crippen LogP contribution in [0, 0.1) is 0 Å². The van der Waals surface area contributed by atoms with Gasteiger partial charge < -0.3 is 4.90 Å². The van der Waals surface area contributed by atoms with Crippen molar-refractivity contribution in [3.8, 4) is 0 Å². The molecule has 1 aliphatic rings. The summed E-state index contributed by atoms with van der Waals surface area (Å²) in [7, 11) is 0. The molecule has 1 heterocycles. The van der Waals surface area contributed by atoms with Crippen molar-refractivity contribution < 1.29 is 9.59 Å². The fourth-order valence-corrected chi connectivity index (χ4v) is 0.979. The summed E-state index contributed by atoms with van der Waals surface area (Å²) in [6.07, 6.45) is 1.59. The van der Waals surface area contributed by atoms with Crippen LogP contribution in [0.2, 0.25) is 0 Å². The molecule has 1 rings (SSSR count). The lowest BCUT2D eigenvalue weighted by molar-refractivity contribution is -0.120. The Bertz CT molecular complexity index is 212. The van der Waals surface area contributed by atoms with E-state index in [0.717, 1.165) is 0 Å². The molecular formula is C7H10N2O2. The highest BCUT2D eigenvalue weighted by Gasteiger charge is 2.33. The number of hydrogen-bond acceptors (Lipinski definition) is 2. The van der Waals surface area contributed by atoms with Gasteiger partial charge in [-0.05, 0) is 6.92 Å². The lowest BCUT2D eigenvalue weighted by Crippen LogP contribution is -2.32. The largest absolute Gasteiger partial charge is 0.325 e. The van der Waals surface area contributed by atoms with E-state index in [1.165, 1.54) is 4.90 Å². The van der Waals surface area contributed by atoms with Crippen molar-refractivity contribution in [2.45, 2.75) is 13.0 Å². The molecular weight excluding hydrogens is 144 g/mol. The molecule has 0 unspecified atom stereocenters. The summed E-state index contributed by atoms with van der Waals surface area (Å²) in [5.41, 5.74) is 0. The molecule has 4 heteroatoms. The van der Waals surface area contributed by atoms with E-state index >= 15 is 0 Å². The molecule has 0 bridgehead atoms. The number of hydrogen-bond donors (Lipinski definition) is 1. The molecule has 4 nitrogen and oxygen atoms in total. The lowest BCUT2D eigenvalue weighted by Gasteiger charge is -2.14. The normalized spacial score (nSPS) is 23.7. The molecule has 60 valence electrons. The lowest BCUT2D eigenvalue weighted by atomic mass is 10.3. The number of imide groups is 1. The van der Waals surface area contributed by atoms with Gasteiger partial charge in [0.05, 0.1) is 0 Å². The number of nitrogens with zero attached hydrogens (tertiary/aromatic N) is 1. The molecule has 0 radical (unpaired) electrons. The zero-order valence-electron chi connectivity index (χ0n) is 6.33. The molecule has 0 aromatic rings. The van der Waals surface area contributed by atoms with Gasteiger partial charge in [-0.15, -0.1) is 6.58 Å². The maximum atomic E-state index is 10.9. The summed E-state index contributed by atoms with van der Waals surface area (Å²) in [6, 6.07) is -0.692. The first-order valence-electron chi connectivity index (χ1n) is 3.39. The van der Waals surface area contributed by atoms with Gasteiger partial charge in [-0.3, -0.25) is 10.1 Å². The second kappa shape index (κ2) is 2.74. The van der Waals surface area contributed by atoms with E-state index in [4.69, 9.17) is 0 Å². The summed E-state index contributed by atoms with van der Waals surface area (Å²) in [5.74, 6) is -0.239.